The maximum atomic E-state index is 5.74. The maximum absolute atomic E-state index is 5.74. The Labute approximate surface area is 123 Å². The molecule has 0 amide bonds. The van der Waals surface area contributed by atoms with Crippen LogP contribution in [0.4, 0.5) is 11.6 Å². The number of fused-ring (bicyclic) bond motifs is 1. The summed E-state index contributed by atoms with van der Waals surface area (Å²) in [6.07, 6.45) is 5.15. The first-order valence-electron chi connectivity index (χ1n) is 7.46. The number of pyridine rings is 1. The van der Waals surface area contributed by atoms with Crippen LogP contribution in [0, 0.1) is 5.41 Å². The Bertz CT molecular complexity index is 668. The van der Waals surface area contributed by atoms with Gasteiger partial charge in [0.15, 0.2) is 5.65 Å². The molecule has 2 aliphatic rings. The number of nitrogen functional groups attached to an aromatic ring is 1. The van der Waals surface area contributed by atoms with E-state index in [0.29, 0.717) is 16.9 Å². The smallest absolute Gasteiger partial charge is 0.166 e. The molecule has 0 bridgehead atoms. The van der Waals surface area contributed by atoms with Gasteiger partial charge in [-0.1, -0.05) is 0 Å². The molecule has 4 heterocycles. The van der Waals surface area contributed by atoms with E-state index in [-0.39, 0.29) is 0 Å². The monoisotopic (exact) mass is 285 g/mol. The van der Waals surface area contributed by atoms with Gasteiger partial charge in [-0.3, -0.25) is 0 Å². The van der Waals surface area contributed by atoms with E-state index in [1.165, 1.54) is 12.8 Å². The summed E-state index contributed by atoms with van der Waals surface area (Å²) in [5.41, 5.74) is 6.71. The standard InChI is InChI=1S/C15H19N5O/c16-12-3-2-11-13(19-12)17-10-18-14(11)20-6-5-15(8-20)4-1-7-21-9-15/h2-3,10H,1,4-9H2,(H2,16,17,18,19). The predicted octanol–water partition coefficient (Wildman–Crippen LogP) is 1.61. The summed E-state index contributed by atoms with van der Waals surface area (Å²) >= 11 is 0. The number of hydrogen-bond acceptors (Lipinski definition) is 6. The highest BCUT2D eigenvalue weighted by atomic mass is 16.5. The van der Waals surface area contributed by atoms with Gasteiger partial charge in [0.1, 0.15) is 18.0 Å². The Morgan fingerprint density at radius 3 is 3.05 bits per heavy atom. The van der Waals surface area contributed by atoms with Crippen LogP contribution >= 0.6 is 0 Å². The first-order chi connectivity index (χ1) is 10.3. The molecule has 6 nitrogen and oxygen atoms in total. The van der Waals surface area contributed by atoms with Crippen LogP contribution < -0.4 is 10.6 Å². The highest BCUT2D eigenvalue weighted by Gasteiger charge is 2.40. The minimum Gasteiger partial charge on any atom is -0.384 e. The molecule has 2 saturated heterocycles. The summed E-state index contributed by atoms with van der Waals surface area (Å²) in [6.45, 7) is 3.79. The summed E-state index contributed by atoms with van der Waals surface area (Å²) in [5, 5.41) is 0.973. The Morgan fingerprint density at radius 2 is 2.19 bits per heavy atom. The van der Waals surface area contributed by atoms with Gasteiger partial charge in [-0.15, -0.1) is 0 Å². The third-order valence-corrected chi connectivity index (χ3v) is 4.64. The highest BCUT2D eigenvalue weighted by Crippen LogP contribution is 2.40. The molecule has 1 spiro atoms. The van der Waals surface area contributed by atoms with Gasteiger partial charge in [-0.2, -0.15) is 0 Å². The highest BCUT2D eigenvalue weighted by molar-refractivity contribution is 5.87. The van der Waals surface area contributed by atoms with E-state index >= 15 is 0 Å². The lowest BCUT2D eigenvalue weighted by Gasteiger charge is -2.33. The number of ether oxygens (including phenoxy) is 1. The number of hydrogen-bond donors (Lipinski definition) is 1. The second-order valence-corrected chi connectivity index (χ2v) is 6.13. The van der Waals surface area contributed by atoms with Gasteiger partial charge in [0.05, 0.1) is 12.0 Å². The van der Waals surface area contributed by atoms with Crippen molar-refractivity contribution in [3.8, 4) is 0 Å². The van der Waals surface area contributed by atoms with Crippen molar-refractivity contribution in [1.29, 1.82) is 0 Å². The quantitative estimate of drug-likeness (QED) is 0.858. The van der Waals surface area contributed by atoms with Crippen LogP contribution in [0.5, 0.6) is 0 Å². The Kier molecular flexibility index (Phi) is 2.92. The molecule has 2 N–H and O–H groups in total. The zero-order valence-corrected chi connectivity index (χ0v) is 12.0. The van der Waals surface area contributed by atoms with Crippen LogP contribution in [-0.2, 0) is 4.74 Å². The minimum atomic E-state index is 0.302. The van der Waals surface area contributed by atoms with E-state index in [1.54, 1.807) is 6.33 Å². The molecule has 2 aromatic heterocycles. The fourth-order valence-corrected chi connectivity index (χ4v) is 3.54. The molecule has 0 saturated carbocycles. The molecule has 0 aliphatic carbocycles. The van der Waals surface area contributed by atoms with Crippen molar-refractivity contribution in [3.63, 3.8) is 0 Å². The fraction of sp³-hybridized carbons (Fsp3) is 0.533. The van der Waals surface area contributed by atoms with Gasteiger partial charge in [0.2, 0.25) is 0 Å². The first-order valence-corrected chi connectivity index (χ1v) is 7.46. The predicted molar refractivity (Wildman–Crippen MR) is 81.1 cm³/mol. The number of nitrogens with two attached hydrogens (primary N) is 1. The zero-order chi connectivity index (χ0) is 14.3. The molecule has 2 fully saturated rings. The van der Waals surface area contributed by atoms with Crippen molar-refractivity contribution < 1.29 is 4.74 Å². The number of nitrogens with zero attached hydrogens (tertiary/aromatic N) is 4. The first kappa shape index (κ1) is 12.8. The molecule has 21 heavy (non-hydrogen) atoms. The van der Waals surface area contributed by atoms with Crippen LogP contribution in [0.15, 0.2) is 18.5 Å². The SMILES string of the molecule is Nc1ccc2c(N3CCC4(CCCOC4)C3)ncnc2n1. The van der Waals surface area contributed by atoms with Gasteiger partial charge in [0.25, 0.3) is 0 Å². The Morgan fingerprint density at radius 1 is 1.24 bits per heavy atom. The number of rotatable bonds is 1. The van der Waals surface area contributed by atoms with Crippen molar-refractivity contribution in [2.45, 2.75) is 19.3 Å². The van der Waals surface area contributed by atoms with Crippen LogP contribution in [0.1, 0.15) is 19.3 Å². The third-order valence-electron chi connectivity index (χ3n) is 4.64. The average Bonchev–Trinajstić information content (AvgIpc) is 2.90. The van der Waals surface area contributed by atoms with E-state index < -0.39 is 0 Å². The number of aromatic nitrogens is 3. The fourth-order valence-electron chi connectivity index (χ4n) is 3.54. The molecule has 0 aromatic carbocycles. The molecule has 1 unspecified atom stereocenters. The molecule has 6 heteroatoms. The van der Waals surface area contributed by atoms with E-state index in [9.17, 15) is 0 Å². The van der Waals surface area contributed by atoms with E-state index in [1.807, 2.05) is 12.1 Å². The molecule has 4 rings (SSSR count). The summed E-state index contributed by atoms with van der Waals surface area (Å²) < 4.78 is 5.71. The van der Waals surface area contributed by atoms with Crippen molar-refractivity contribution in [1.82, 2.24) is 15.0 Å². The topological polar surface area (TPSA) is 77.2 Å². The second-order valence-electron chi connectivity index (χ2n) is 6.13. The van der Waals surface area contributed by atoms with Crippen molar-refractivity contribution in [2.75, 3.05) is 36.9 Å². The molecule has 110 valence electrons. The normalized spacial score (nSPS) is 25.8. The summed E-state index contributed by atoms with van der Waals surface area (Å²) in [7, 11) is 0. The largest absolute Gasteiger partial charge is 0.384 e. The van der Waals surface area contributed by atoms with Gasteiger partial charge in [0, 0.05) is 25.1 Å². The lowest BCUT2D eigenvalue weighted by Crippen LogP contribution is -2.35. The van der Waals surface area contributed by atoms with Gasteiger partial charge < -0.3 is 15.4 Å². The Balaban J connectivity index is 1.68. The Hall–Kier alpha value is -1.95. The van der Waals surface area contributed by atoms with E-state index in [2.05, 4.69) is 19.9 Å². The number of anilines is 2. The molecule has 1 atom stereocenters. The van der Waals surface area contributed by atoms with Gasteiger partial charge >= 0.3 is 0 Å². The van der Waals surface area contributed by atoms with Crippen LogP contribution in [0.25, 0.3) is 11.0 Å². The lowest BCUT2D eigenvalue weighted by atomic mass is 9.82. The maximum Gasteiger partial charge on any atom is 0.166 e. The van der Waals surface area contributed by atoms with Gasteiger partial charge in [-0.05, 0) is 31.4 Å². The van der Waals surface area contributed by atoms with Crippen LogP contribution in [0.3, 0.4) is 0 Å². The minimum absolute atomic E-state index is 0.302. The lowest BCUT2D eigenvalue weighted by molar-refractivity contribution is 0.00437. The molecular formula is C15H19N5O. The molecule has 2 aromatic rings. The van der Waals surface area contributed by atoms with Crippen molar-refractivity contribution in [3.05, 3.63) is 18.5 Å². The van der Waals surface area contributed by atoms with Crippen LogP contribution in [-0.4, -0.2) is 41.3 Å². The molecule has 2 aliphatic heterocycles. The van der Waals surface area contributed by atoms with Crippen molar-refractivity contribution in [2.24, 2.45) is 5.41 Å². The molecule has 0 radical (unpaired) electrons. The second kappa shape index (κ2) is 4.80. The van der Waals surface area contributed by atoms with Gasteiger partial charge in [-0.25, -0.2) is 15.0 Å². The zero-order valence-electron chi connectivity index (χ0n) is 12.0. The third kappa shape index (κ3) is 2.19. The van der Waals surface area contributed by atoms with Crippen LogP contribution in [0.2, 0.25) is 0 Å². The molecular weight excluding hydrogens is 266 g/mol. The summed E-state index contributed by atoms with van der Waals surface area (Å²) in [4.78, 5) is 15.3. The van der Waals surface area contributed by atoms with E-state index in [4.69, 9.17) is 10.5 Å². The average molecular weight is 285 g/mol. The summed E-state index contributed by atoms with van der Waals surface area (Å²) in [6, 6.07) is 3.78. The summed E-state index contributed by atoms with van der Waals surface area (Å²) in [5.74, 6) is 1.46. The van der Waals surface area contributed by atoms with Crippen molar-refractivity contribution >= 4 is 22.7 Å². The van der Waals surface area contributed by atoms with E-state index in [0.717, 1.165) is 43.9 Å².